The third-order valence-electron chi connectivity index (χ3n) is 3.85. The van der Waals surface area contributed by atoms with Crippen molar-refractivity contribution in [2.24, 2.45) is 0 Å². The van der Waals surface area contributed by atoms with Crippen molar-refractivity contribution in [3.05, 3.63) is 54.1 Å². The predicted molar refractivity (Wildman–Crippen MR) is 91.1 cm³/mol. The first-order chi connectivity index (χ1) is 11.6. The van der Waals surface area contributed by atoms with Gasteiger partial charge in [-0.2, -0.15) is 0 Å². The minimum absolute atomic E-state index is 0.171. The molecular formula is C18H18FN3O2. The highest BCUT2D eigenvalue weighted by molar-refractivity contribution is 5.90. The van der Waals surface area contributed by atoms with Gasteiger partial charge < -0.3 is 14.4 Å². The van der Waals surface area contributed by atoms with E-state index in [2.05, 4.69) is 9.97 Å². The van der Waals surface area contributed by atoms with Gasteiger partial charge in [0.05, 0.1) is 19.7 Å². The molecule has 3 rings (SSSR count). The van der Waals surface area contributed by atoms with Gasteiger partial charge in [-0.1, -0.05) is 18.2 Å². The van der Waals surface area contributed by atoms with E-state index in [-0.39, 0.29) is 5.75 Å². The molecule has 0 saturated heterocycles. The Balaban J connectivity index is 2.02. The number of benzene rings is 2. The number of anilines is 1. The molecule has 0 aliphatic rings. The molecule has 0 amide bonds. The molecule has 124 valence electrons. The molecule has 2 aromatic carbocycles. The average Bonchev–Trinajstić information content (AvgIpc) is 2.60. The van der Waals surface area contributed by atoms with Crippen molar-refractivity contribution in [2.75, 3.05) is 26.2 Å². The number of halogens is 1. The first-order valence-corrected chi connectivity index (χ1v) is 7.45. The summed E-state index contributed by atoms with van der Waals surface area (Å²) in [5.74, 6) is 1.24. The number of aromatic nitrogens is 2. The average molecular weight is 327 g/mol. The van der Waals surface area contributed by atoms with Gasteiger partial charge in [-0.05, 0) is 12.1 Å². The van der Waals surface area contributed by atoms with Gasteiger partial charge in [-0.3, -0.25) is 0 Å². The van der Waals surface area contributed by atoms with Gasteiger partial charge in [0.25, 0.3) is 0 Å². The van der Waals surface area contributed by atoms with Crippen molar-refractivity contribution in [2.45, 2.75) is 6.54 Å². The van der Waals surface area contributed by atoms with Gasteiger partial charge in [0.15, 0.2) is 11.6 Å². The maximum Gasteiger partial charge on any atom is 0.167 e. The normalized spacial score (nSPS) is 10.7. The van der Waals surface area contributed by atoms with Gasteiger partial charge in [0, 0.05) is 30.6 Å². The van der Waals surface area contributed by atoms with E-state index in [0.29, 0.717) is 17.9 Å². The molecule has 1 heterocycles. The summed E-state index contributed by atoms with van der Waals surface area (Å²) >= 11 is 0. The van der Waals surface area contributed by atoms with Crippen molar-refractivity contribution >= 4 is 16.7 Å². The Labute approximate surface area is 139 Å². The van der Waals surface area contributed by atoms with E-state index in [4.69, 9.17) is 9.47 Å². The molecule has 0 spiro atoms. The largest absolute Gasteiger partial charge is 0.496 e. The fraction of sp³-hybridized carbons (Fsp3) is 0.222. The number of hydrogen-bond acceptors (Lipinski definition) is 5. The number of para-hydroxylation sites is 1. The van der Waals surface area contributed by atoms with Crippen LogP contribution in [0.25, 0.3) is 10.9 Å². The minimum atomic E-state index is -0.443. The second-order valence-electron chi connectivity index (χ2n) is 5.37. The molecule has 3 aromatic rings. The Morgan fingerprint density at radius 2 is 1.79 bits per heavy atom. The summed E-state index contributed by atoms with van der Waals surface area (Å²) in [6, 6.07) is 10.8. The SMILES string of the molecule is COc1cc2c(N(C)Cc3ccccc3OC)ncnc2cc1F. The van der Waals surface area contributed by atoms with E-state index >= 15 is 0 Å². The lowest BCUT2D eigenvalue weighted by Crippen LogP contribution is -2.18. The molecule has 6 heteroatoms. The minimum Gasteiger partial charge on any atom is -0.496 e. The molecule has 0 N–H and O–H groups in total. The number of nitrogens with zero attached hydrogens (tertiary/aromatic N) is 3. The highest BCUT2D eigenvalue weighted by Crippen LogP contribution is 2.30. The quantitative estimate of drug-likeness (QED) is 0.718. The van der Waals surface area contributed by atoms with Gasteiger partial charge in [0.1, 0.15) is 17.9 Å². The van der Waals surface area contributed by atoms with E-state index in [0.717, 1.165) is 16.7 Å². The van der Waals surface area contributed by atoms with Gasteiger partial charge in [0.2, 0.25) is 0 Å². The third kappa shape index (κ3) is 2.95. The molecule has 5 nitrogen and oxygen atoms in total. The lowest BCUT2D eigenvalue weighted by Gasteiger charge is -2.21. The maximum atomic E-state index is 13.9. The van der Waals surface area contributed by atoms with Crippen LogP contribution in [0.1, 0.15) is 5.56 Å². The fourth-order valence-electron chi connectivity index (χ4n) is 2.67. The van der Waals surface area contributed by atoms with E-state index in [9.17, 15) is 4.39 Å². The van der Waals surface area contributed by atoms with E-state index < -0.39 is 5.82 Å². The Morgan fingerprint density at radius 1 is 1.04 bits per heavy atom. The number of fused-ring (bicyclic) bond motifs is 1. The van der Waals surface area contributed by atoms with Crippen LogP contribution in [-0.4, -0.2) is 31.2 Å². The molecule has 0 aliphatic carbocycles. The molecule has 24 heavy (non-hydrogen) atoms. The Morgan fingerprint density at radius 3 is 2.54 bits per heavy atom. The second kappa shape index (κ2) is 6.70. The molecule has 0 saturated carbocycles. The van der Waals surface area contributed by atoms with Crippen molar-refractivity contribution in [3.8, 4) is 11.5 Å². The van der Waals surface area contributed by atoms with Crippen molar-refractivity contribution in [3.63, 3.8) is 0 Å². The molecule has 0 bridgehead atoms. The van der Waals surface area contributed by atoms with Crippen LogP contribution in [0.3, 0.4) is 0 Å². The molecule has 0 aliphatic heterocycles. The van der Waals surface area contributed by atoms with Crippen molar-refractivity contribution < 1.29 is 13.9 Å². The second-order valence-corrected chi connectivity index (χ2v) is 5.37. The summed E-state index contributed by atoms with van der Waals surface area (Å²) in [6.07, 6.45) is 1.43. The van der Waals surface area contributed by atoms with Gasteiger partial charge in [-0.15, -0.1) is 0 Å². The zero-order chi connectivity index (χ0) is 17.1. The summed E-state index contributed by atoms with van der Waals surface area (Å²) < 4.78 is 24.3. The highest BCUT2D eigenvalue weighted by atomic mass is 19.1. The number of hydrogen-bond donors (Lipinski definition) is 0. The molecule has 0 atom stereocenters. The van der Waals surface area contributed by atoms with Gasteiger partial charge in [-0.25, -0.2) is 14.4 Å². The van der Waals surface area contributed by atoms with Gasteiger partial charge >= 0.3 is 0 Å². The van der Waals surface area contributed by atoms with Crippen LogP contribution < -0.4 is 14.4 Å². The zero-order valence-corrected chi connectivity index (χ0v) is 13.8. The van der Waals surface area contributed by atoms with Crippen molar-refractivity contribution in [1.82, 2.24) is 9.97 Å². The topological polar surface area (TPSA) is 47.5 Å². The summed E-state index contributed by atoms with van der Waals surface area (Å²) in [4.78, 5) is 10.5. The van der Waals surface area contributed by atoms with Crippen LogP contribution >= 0.6 is 0 Å². The summed E-state index contributed by atoms with van der Waals surface area (Å²) in [5.41, 5.74) is 1.56. The Hall–Kier alpha value is -2.89. The lowest BCUT2D eigenvalue weighted by molar-refractivity contribution is 0.387. The van der Waals surface area contributed by atoms with Crippen LogP contribution in [0.15, 0.2) is 42.7 Å². The fourth-order valence-corrected chi connectivity index (χ4v) is 2.67. The number of ether oxygens (including phenoxy) is 2. The maximum absolute atomic E-state index is 13.9. The molecule has 0 fully saturated rings. The Kier molecular flexibility index (Phi) is 4.46. The van der Waals surface area contributed by atoms with Crippen LogP contribution in [0.5, 0.6) is 11.5 Å². The summed E-state index contributed by atoms with van der Waals surface area (Å²) in [6.45, 7) is 0.593. The molecule has 0 unspecified atom stereocenters. The molecular weight excluding hydrogens is 309 g/mol. The molecule has 1 aromatic heterocycles. The smallest absolute Gasteiger partial charge is 0.167 e. The predicted octanol–water partition coefficient (Wildman–Crippen LogP) is 3.42. The molecule has 0 radical (unpaired) electrons. The Bertz CT molecular complexity index is 870. The van der Waals surface area contributed by atoms with Crippen LogP contribution in [0.4, 0.5) is 10.2 Å². The van der Waals surface area contributed by atoms with Crippen LogP contribution in [0.2, 0.25) is 0 Å². The van der Waals surface area contributed by atoms with E-state index in [1.165, 1.54) is 19.5 Å². The monoisotopic (exact) mass is 327 g/mol. The van der Waals surface area contributed by atoms with Crippen LogP contribution in [-0.2, 0) is 6.54 Å². The standard InChI is InChI=1S/C18H18FN3O2/c1-22(10-12-6-4-5-7-16(12)23-2)18-13-8-17(24-3)14(19)9-15(13)20-11-21-18/h4-9,11H,10H2,1-3H3. The first-order valence-electron chi connectivity index (χ1n) is 7.45. The zero-order valence-electron chi connectivity index (χ0n) is 13.8. The van der Waals surface area contributed by atoms with E-state index in [1.54, 1.807) is 13.2 Å². The summed E-state index contributed by atoms with van der Waals surface area (Å²) in [5, 5.41) is 0.730. The third-order valence-corrected chi connectivity index (χ3v) is 3.85. The summed E-state index contributed by atoms with van der Waals surface area (Å²) in [7, 11) is 5.00. The van der Waals surface area contributed by atoms with Crippen molar-refractivity contribution in [1.29, 1.82) is 0 Å². The van der Waals surface area contributed by atoms with E-state index in [1.807, 2.05) is 36.2 Å². The number of rotatable bonds is 5. The first kappa shape index (κ1) is 16.0. The number of methoxy groups -OCH3 is 2. The lowest BCUT2D eigenvalue weighted by atomic mass is 10.1. The highest BCUT2D eigenvalue weighted by Gasteiger charge is 2.14. The van der Waals surface area contributed by atoms with Crippen LogP contribution in [0, 0.1) is 5.82 Å².